The molecule has 0 bridgehead atoms. The first kappa shape index (κ1) is 15.6. The number of likely N-dealkylation sites (N-methyl/N-ethyl adjacent to an activating group) is 1. The maximum Gasteiger partial charge on any atom is 0.180 e. The molecule has 0 fully saturated rings. The Morgan fingerprint density at radius 2 is 1.96 bits per heavy atom. The molecule has 120 valence electrons. The van der Waals surface area contributed by atoms with Gasteiger partial charge >= 0.3 is 0 Å². The molecule has 2 aromatic carbocycles. The molecule has 0 spiro atoms. The van der Waals surface area contributed by atoms with Crippen molar-refractivity contribution in [3.8, 4) is 11.5 Å². The fourth-order valence-electron chi connectivity index (χ4n) is 3.14. The van der Waals surface area contributed by atoms with Crippen molar-refractivity contribution < 1.29 is 14.6 Å². The van der Waals surface area contributed by atoms with Crippen LogP contribution in [0.15, 0.2) is 42.5 Å². The van der Waals surface area contributed by atoms with Crippen LogP contribution in [0.4, 0.5) is 0 Å². The molecular formula is C19H21NO3. The lowest BCUT2D eigenvalue weighted by atomic mass is 9.95. The first-order valence-corrected chi connectivity index (χ1v) is 7.78. The van der Waals surface area contributed by atoms with Crippen LogP contribution in [0.1, 0.15) is 21.5 Å². The number of methoxy groups -OCH3 is 1. The lowest BCUT2D eigenvalue weighted by molar-refractivity contribution is 0.0856. The minimum atomic E-state index is -0.201. The number of Topliss-reactive ketones (excluding diaryl/α,β-unsaturated/α-hetero) is 1. The second-order valence-corrected chi connectivity index (χ2v) is 5.97. The highest BCUT2D eigenvalue weighted by molar-refractivity contribution is 6.00. The van der Waals surface area contributed by atoms with Gasteiger partial charge in [-0.05, 0) is 43.1 Å². The van der Waals surface area contributed by atoms with Crippen LogP contribution in [-0.4, -0.2) is 42.5 Å². The summed E-state index contributed by atoms with van der Waals surface area (Å²) in [6.45, 7) is 0.780. The van der Waals surface area contributed by atoms with Crippen molar-refractivity contribution in [3.05, 3.63) is 59.2 Å². The Balaban J connectivity index is 1.95. The second-order valence-electron chi connectivity index (χ2n) is 5.97. The van der Waals surface area contributed by atoms with Gasteiger partial charge in [-0.15, -0.1) is 0 Å². The number of fused-ring (bicyclic) bond motifs is 1. The smallest absolute Gasteiger partial charge is 0.180 e. The zero-order valence-electron chi connectivity index (χ0n) is 13.5. The first-order chi connectivity index (χ1) is 11.1. The van der Waals surface area contributed by atoms with Crippen LogP contribution in [0.5, 0.6) is 11.5 Å². The lowest BCUT2D eigenvalue weighted by Gasteiger charge is -2.24. The van der Waals surface area contributed by atoms with E-state index in [9.17, 15) is 9.90 Å². The summed E-state index contributed by atoms with van der Waals surface area (Å²) in [6, 6.07) is 12.8. The molecule has 1 heterocycles. The van der Waals surface area contributed by atoms with E-state index in [0.717, 1.165) is 29.7 Å². The van der Waals surface area contributed by atoms with Gasteiger partial charge < -0.3 is 9.84 Å². The third kappa shape index (κ3) is 3.08. The van der Waals surface area contributed by atoms with Crippen molar-refractivity contribution in [3.63, 3.8) is 0 Å². The van der Waals surface area contributed by atoms with Gasteiger partial charge in [-0.25, -0.2) is 0 Å². The maximum atomic E-state index is 12.9. The molecule has 2 aromatic rings. The normalized spacial score (nSPS) is 18.1. The number of ketones is 1. The zero-order valence-corrected chi connectivity index (χ0v) is 13.5. The van der Waals surface area contributed by atoms with Crippen molar-refractivity contribution >= 4 is 5.78 Å². The number of hydrogen-bond donors (Lipinski definition) is 1. The zero-order chi connectivity index (χ0) is 16.4. The Labute approximate surface area is 136 Å². The van der Waals surface area contributed by atoms with E-state index >= 15 is 0 Å². The highest BCUT2D eigenvalue weighted by Gasteiger charge is 2.28. The van der Waals surface area contributed by atoms with Gasteiger partial charge in [0, 0.05) is 12.1 Å². The molecule has 0 aromatic heterocycles. The van der Waals surface area contributed by atoms with Crippen molar-refractivity contribution in [2.75, 3.05) is 20.7 Å². The van der Waals surface area contributed by atoms with Gasteiger partial charge in [0.05, 0.1) is 13.2 Å². The van der Waals surface area contributed by atoms with E-state index in [1.165, 1.54) is 7.11 Å². The maximum absolute atomic E-state index is 12.9. The van der Waals surface area contributed by atoms with Gasteiger partial charge in [-0.1, -0.05) is 30.3 Å². The minimum Gasteiger partial charge on any atom is -0.504 e. The number of nitrogens with zero attached hydrogens (tertiary/aromatic N) is 1. The summed E-state index contributed by atoms with van der Waals surface area (Å²) in [6.07, 6.45) is 1.43. The van der Waals surface area contributed by atoms with Crippen LogP contribution in [0.3, 0.4) is 0 Å². The molecule has 0 saturated carbocycles. The van der Waals surface area contributed by atoms with Gasteiger partial charge in [0.2, 0.25) is 0 Å². The minimum absolute atomic E-state index is 0.132. The number of carbonyl (C=O) groups excluding carboxylic acids is 1. The van der Waals surface area contributed by atoms with Crippen LogP contribution in [0.2, 0.25) is 0 Å². The number of rotatable bonds is 3. The Bertz CT molecular complexity index is 712. The number of carbonyl (C=O) groups is 1. The van der Waals surface area contributed by atoms with Crippen molar-refractivity contribution in [2.45, 2.75) is 18.9 Å². The van der Waals surface area contributed by atoms with Crippen molar-refractivity contribution in [2.24, 2.45) is 0 Å². The summed E-state index contributed by atoms with van der Waals surface area (Å²) >= 11 is 0. The molecule has 4 nitrogen and oxygen atoms in total. The van der Waals surface area contributed by atoms with E-state index in [1.54, 1.807) is 6.07 Å². The fraction of sp³-hybridized carbons (Fsp3) is 0.316. The molecule has 0 saturated heterocycles. The third-order valence-electron chi connectivity index (χ3n) is 4.54. The van der Waals surface area contributed by atoms with E-state index in [1.807, 2.05) is 43.4 Å². The molecule has 4 heteroatoms. The third-order valence-corrected chi connectivity index (χ3v) is 4.54. The van der Waals surface area contributed by atoms with E-state index in [0.29, 0.717) is 12.2 Å². The molecule has 0 amide bonds. The molecule has 1 unspecified atom stereocenters. The van der Waals surface area contributed by atoms with Crippen LogP contribution in [0, 0.1) is 0 Å². The molecular weight excluding hydrogens is 290 g/mol. The summed E-state index contributed by atoms with van der Waals surface area (Å²) < 4.78 is 5.21. The number of benzene rings is 2. The Morgan fingerprint density at radius 3 is 2.65 bits per heavy atom. The lowest BCUT2D eigenvalue weighted by Crippen LogP contribution is -2.39. The van der Waals surface area contributed by atoms with E-state index in [2.05, 4.69) is 4.90 Å². The van der Waals surface area contributed by atoms with Crippen molar-refractivity contribution in [1.82, 2.24) is 4.90 Å². The first-order valence-electron chi connectivity index (χ1n) is 7.78. The summed E-state index contributed by atoms with van der Waals surface area (Å²) in [7, 11) is 3.52. The Morgan fingerprint density at radius 1 is 1.22 bits per heavy atom. The topological polar surface area (TPSA) is 49.8 Å². The van der Waals surface area contributed by atoms with Crippen LogP contribution < -0.4 is 4.74 Å². The number of aromatic hydroxyl groups is 1. The summed E-state index contributed by atoms with van der Waals surface area (Å²) in [5, 5.41) is 9.97. The van der Waals surface area contributed by atoms with E-state index < -0.39 is 0 Å². The highest BCUT2D eigenvalue weighted by Crippen LogP contribution is 2.32. The number of phenols is 1. The molecule has 1 aliphatic rings. The molecule has 3 rings (SSSR count). The predicted octanol–water partition coefficient (Wildman–Crippen LogP) is 2.68. The standard InChI is InChI=1S/C19H21NO3/c1-20-9-8-14-11-17(21)18(23-2)12-15(14)10-16(20)19(22)13-6-4-3-5-7-13/h3-7,11-12,16,21H,8-10H2,1-2H3. The van der Waals surface area contributed by atoms with Crippen LogP contribution in [0.25, 0.3) is 0 Å². The highest BCUT2D eigenvalue weighted by atomic mass is 16.5. The number of hydrogen-bond acceptors (Lipinski definition) is 4. The van der Waals surface area contributed by atoms with Gasteiger partial charge in [-0.3, -0.25) is 9.69 Å². The second kappa shape index (κ2) is 6.42. The SMILES string of the molecule is COc1cc2c(cc1O)CCN(C)C(C(=O)c1ccccc1)C2. The summed E-state index contributed by atoms with van der Waals surface area (Å²) in [5.41, 5.74) is 2.88. The van der Waals surface area contributed by atoms with Gasteiger partial charge in [-0.2, -0.15) is 0 Å². The molecule has 1 aliphatic heterocycles. The average molecular weight is 311 g/mol. The largest absolute Gasteiger partial charge is 0.504 e. The van der Waals surface area contributed by atoms with Crippen LogP contribution >= 0.6 is 0 Å². The Kier molecular flexibility index (Phi) is 4.35. The summed E-state index contributed by atoms with van der Waals surface area (Å²) in [4.78, 5) is 15.0. The molecule has 23 heavy (non-hydrogen) atoms. The van der Waals surface area contributed by atoms with E-state index in [4.69, 9.17) is 4.74 Å². The molecule has 1 atom stereocenters. The summed E-state index contributed by atoms with van der Waals surface area (Å²) in [5.74, 6) is 0.744. The predicted molar refractivity (Wildman–Crippen MR) is 89.3 cm³/mol. The van der Waals surface area contributed by atoms with Crippen molar-refractivity contribution in [1.29, 1.82) is 0 Å². The van der Waals surface area contributed by atoms with E-state index in [-0.39, 0.29) is 17.6 Å². The number of phenolic OH excluding ortho intramolecular Hbond substituents is 1. The molecule has 0 aliphatic carbocycles. The van der Waals surface area contributed by atoms with Gasteiger partial charge in [0.15, 0.2) is 17.3 Å². The van der Waals surface area contributed by atoms with Crippen LogP contribution in [-0.2, 0) is 12.8 Å². The quantitative estimate of drug-likeness (QED) is 0.886. The monoisotopic (exact) mass is 311 g/mol. The molecule has 0 radical (unpaired) electrons. The fourth-order valence-corrected chi connectivity index (χ4v) is 3.14. The average Bonchev–Trinajstić information content (AvgIpc) is 2.73. The van der Waals surface area contributed by atoms with Gasteiger partial charge in [0.1, 0.15) is 0 Å². The molecule has 1 N–H and O–H groups in total. The number of ether oxygens (including phenoxy) is 1. The van der Waals surface area contributed by atoms with Gasteiger partial charge in [0.25, 0.3) is 0 Å². The Hall–Kier alpha value is -2.33.